The maximum absolute atomic E-state index is 12.6. The van der Waals surface area contributed by atoms with E-state index in [-0.39, 0.29) is 18.6 Å². The number of likely N-dealkylation sites (tertiary alicyclic amines) is 1. The SMILES string of the molecule is CN(C)Cc1ccnc([C@@H]2CCCN2C(=O)COc2cccnc2)n1. The van der Waals surface area contributed by atoms with Crippen LogP contribution in [0.15, 0.2) is 36.8 Å². The molecule has 0 aliphatic carbocycles. The number of hydrogen-bond acceptors (Lipinski definition) is 6. The van der Waals surface area contributed by atoms with Crippen molar-refractivity contribution in [3.05, 3.63) is 48.3 Å². The minimum Gasteiger partial charge on any atom is -0.482 e. The zero-order valence-corrected chi connectivity index (χ0v) is 14.6. The van der Waals surface area contributed by atoms with E-state index >= 15 is 0 Å². The maximum atomic E-state index is 12.6. The molecule has 0 saturated carbocycles. The molecule has 1 atom stereocenters. The molecular weight excluding hydrogens is 318 g/mol. The van der Waals surface area contributed by atoms with Gasteiger partial charge in [0.05, 0.1) is 17.9 Å². The Morgan fingerprint density at radius 3 is 3.00 bits per heavy atom. The zero-order valence-electron chi connectivity index (χ0n) is 14.6. The Hall–Kier alpha value is -2.54. The molecular formula is C18H23N5O2. The fourth-order valence-corrected chi connectivity index (χ4v) is 2.98. The molecule has 1 saturated heterocycles. The maximum Gasteiger partial charge on any atom is 0.261 e. The molecule has 1 amide bonds. The largest absolute Gasteiger partial charge is 0.482 e. The van der Waals surface area contributed by atoms with Crippen molar-refractivity contribution >= 4 is 5.91 Å². The highest BCUT2D eigenvalue weighted by atomic mass is 16.5. The Morgan fingerprint density at radius 1 is 1.36 bits per heavy atom. The van der Waals surface area contributed by atoms with Crippen LogP contribution >= 0.6 is 0 Å². The highest BCUT2D eigenvalue weighted by molar-refractivity contribution is 5.78. The number of amides is 1. The zero-order chi connectivity index (χ0) is 17.6. The molecule has 1 fully saturated rings. The fraction of sp³-hybridized carbons (Fsp3) is 0.444. The average molecular weight is 341 g/mol. The second-order valence-electron chi connectivity index (χ2n) is 6.37. The van der Waals surface area contributed by atoms with Gasteiger partial charge in [-0.3, -0.25) is 9.78 Å². The molecule has 3 rings (SSSR count). The third-order valence-corrected chi connectivity index (χ3v) is 4.08. The number of aromatic nitrogens is 3. The molecule has 0 bridgehead atoms. The van der Waals surface area contributed by atoms with E-state index in [9.17, 15) is 4.79 Å². The van der Waals surface area contributed by atoms with Crippen LogP contribution in [0.5, 0.6) is 5.75 Å². The Kier molecular flexibility index (Phi) is 5.55. The van der Waals surface area contributed by atoms with Crippen molar-refractivity contribution in [2.24, 2.45) is 0 Å². The summed E-state index contributed by atoms with van der Waals surface area (Å²) in [6.45, 7) is 1.46. The molecule has 0 spiro atoms. The van der Waals surface area contributed by atoms with E-state index in [0.717, 1.165) is 25.1 Å². The molecule has 0 radical (unpaired) electrons. The third-order valence-electron chi connectivity index (χ3n) is 4.08. The molecule has 7 nitrogen and oxygen atoms in total. The van der Waals surface area contributed by atoms with Gasteiger partial charge in [-0.1, -0.05) is 0 Å². The van der Waals surface area contributed by atoms with Crippen molar-refractivity contribution in [3.8, 4) is 5.75 Å². The van der Waals surface area contributed by atoms with Crippen LogP contribution in [0.1, 0.15) is 30.4 Å². The van der Waals surface area contributed by atoms with Crippen LogP contribution in [0, 0.1) is 0 Å². The number of carbonyl (C=O) groups excluding carboxylic acids is 1. The number of hydrogen-bond donors (Lipinski definition) is 0. The first-order chi connectivity index (χ1) is 12.1. The van der Waals surface area contributed by atoms with Crippen LogP contribution in [0.25, 0.3) is 0 Å². The van der Waals surface area contributed by atoms with Gasteiger partial charge in [0.25, 0.3) is 5.91 Å². The van der Waals surface area contributed by atoms with Gasteiger partial charge in [0.1, 0.15) is 5.75 Å². The minimum atomic E-state index is -0.0767. The summed E-state index contributed by atoms with van der Waals surface area (Å²) in [4.78, 5) is 29.5. The second kappa shape index (κ2) is 8.02. The van der Waals surface area contributed by atoms with Gasteiger partial charge in [-0.2, -0.15) is 0 Å². The number of carbonyl (C=O) groups is 1. The molecule has 3 heterocycles. The highest BCUT2D eigenvalue weighted by Crippen LogP contribution is 2.30. The first-order valence-corrected chi connectivity index (χ1v) is 8.42. The Morgan fingerprint density at radius 2 is 2.24 bits per heavy atom. The molecule has 2 aromatic rings. The average Bonchev–Trinajstić information content (AvgIpc) is 3.10. The van der Waals surface area contributed by atoms with Crippen LogP contribution in [0.2, 0.25) is 0 Å². The molecule has 1 aliphatic rings. The first-order valence-electron chi connectivity index (χ1n) is 8.42. The van der Waals surface area contributed by atoms with E-state index in [0.29, 0.717) is 18.1 Å². The van der Waals surface area contributed by atoms with Crippen molar-refractivity contribution in [2.45, 2.75) is 25.4 Å². The summed E-state index contributed by atoms with van der Waals surface area (Å²) < 4.78 is 5.54. The van der Waals surface area contributed by atoms with Crippen LogP contribution in [-0.4, -0.2) is 57.9 Å². The molecule has 1 aliphatic heterocycles. The summed E-state index contributed by atoms with van der Waals surface area (Å²) in [6, 6.07) is 5.40. The lowest BCUT2D eigenvalue weighted by Crippen LogP contribution is -2.35. The molecule has 2 aromatic heterocycles. The van der Waals surface area contributed by atoms with Crippen molar-refractivity contribution in [2.75, 3.05) is 27.2 Å². The van der Waals surface area contributed by atoms with E-state index < -0.39 is 0 Å². The molecule has 132 valence electrons. The normalized spacial score (nSPS) is 17.1. The molecule has 25 heavy (non-hydrogen) atoms. The summed E-state index contributed by atoms with van der Waals surface area (Å²) in [5, 5.41) is 0. The lowest BCUT2D eigenvalue weighted by atomic mass is 10.2. The van der Waals surface area contributed by atoms with Gasteiger partial charge in [0, 0.05) is 25.5 Å². The predicted octanol–water partition coefficient (Wildman–Crippen LogP) is 1.68. The summed E-state index contributed by atoms with van der Waals surface area (Å²) in [6.07, 6.45) is 6.87. The van der Waals surface area contributed by atoms with E-state index in [1.807, 2.05) is 25.1 Å². The van der Waals surface area contributed by atoms with E-state index in [2.05, 4.69) is 19.9 Å². The minimum absolute atomic E-state index is 0.000415. The number of rotatable bonds is 6. The predicted molar refractivity (Wildman–Crippen MR) is 92.8 cm³/mol. The van der Waals surface area contributed by atoms with Crippen molar-refractivity contribution < 1.29 is 9.53 Å². The monoisotopic (exact) mass is 341 g/mol. The van der Waals surface area contributed by atoms with Gasteiger partial charge >= 0.3 is 0 Å². The van der Waals surface area contributed by atoms with E-state index in [1.54, 1.807) is 30.7 Å². The lowest BCUT2D eigenvalue weighted by Gasteiger charge is -2.24. The van der Waals surface area contributed by atoms with E-state index in [1.165, 1.54) is 0 Å². The molecule has 0 unspecified atom stereocenters. The second-order valence-corrected chi connectivity index (χ2v) is 6.37. The van der Waals surface area contributed by atoms with Crippen molar-refractivity contribution in [1.29, 1.82) is 0 Å². The first kappa shape index (κ1) is 17.3. The molecule has 0 aromatic carbocycles. The smallest absolute Gasteiger partial charge is 0.261 e. The van der Waals surface area contributed by atoms with Crippen LogP contribution in [-0.2, 0) is 11.3 Å². The molecule has 0 N–H and O–H groups in total. The van der Waals surface area contributed by atoms with Gasteiger partial charge in [0.2, 0.25) is 0 Å². The van der Waals surface area contributed by atoms with Crippen LogP contribution in [0.4, 0.5) is 0 Å². The van der Waals surface area contributed by atoms with Gasteiger partial charge in [-0.05, 0) is 45.1 Å². The van der Waals surface area contributed by atoms with Crippen LogP contribution in [0.3, 0.4) is 0 Å². The number of pyridine rings is 1. The Balaban J connectivity index is 1.66. The highest BCUT2D eigenvalue weighted by Gasteiger charge is 2.32. The Bertz CT molecular complexity index is 708. The summed E-state index contributed by atoms with van der Waals surface area (Å²) in [5.74, 6) is 1.26. The van der Waals surface area contributed by atoms with Gasteiger partial charge in [0.15, 0.2) is 12.4 Å². The van der Waals surface area contributed by atoms with Gasteiger partial charge < -0.3 is 14.5 Å². The fourth-order valence-electron chi connectivity index (χ4n) is 2.98. The van der Waals surface area contributed by atoms with E-state index in [4.69, 9.17) is 4.74 Å². The molecule has 7 heteroatoms. The Labute approximate surface area is 147 Å². The third kappa shape index (κ3) is 4.51. The van der Waals surface area contributed by atoms with Crippen molar-refractivity contribution in [3.63, 3.8) is 0 Å². The van der Waals surface area contributed by atoms with Gasteiger partial charge in [-0.15, -0.1) is 0 Å². The summed E-state index contributed by atoms with van der Waals surface area (Å²) >= 11 is 0. The lowest BCUT2D eigenvalue weighted by molar-refractivity contribution is -0.134. The number of nitrogens with zero attached hydrogens (tertiary/aromatic N) is 5. The van der Waals surface area contributed by atoms with Crippen molar-refractivity contribution in [1.82, 2.24) is 24.8 Å². The summed E-state index contributed by atoms with van der Waals surface area (Å²) in [5.41, 5.74) is 0.959. The standard InChI is InChI=1S/C18H23N5O2/c1-22(2)12-14-7-9-20-18(21-14)16-6-4-10-23(16)17(24)13-25-15-5-3-8-19-11-15/h3,5,7-9,11,16H,4,6,10,12-13H2,1-2H3/t16-/m0/s1. The quantitative estimate of drug-likeness (QED) is 0.796. The topological polar surface area (TPSA) is 71.5 Å². The van der Waals surface area contributed by atoms with Crippen LogP contribution < -0.4 is 4.74 Å². The van der Waals surface area contributed by atoms with Gasteiger partial charge in [-0.25, -0.2) is 9.97 Å². The summed E-state index contributed by atoms with van der Waals surface area (Å²) in [7, 11) is 4.01. The number of ether oxygens (including phenoxy) is 1.